The first kappa shape index (κ1) is 21.5. The molecule has 1 N–H and O–H groups in total. The van der Waals surface area contributed by atoms with Crippen LogP contribution in [-0.4, -0.2) is 62.4 Å². The second-order valence-electron chi connectivity index (χ2n) is 8.63. The summed E-state index contributed by atoms with van der Waals surface area (Å²) in [6.45, 7) is 5.90. The highest BCUT2D eigenvalue weighted by atomic mass is 32.2. The molecule has 1 saturated heterocycles. The number of aromatic nitrogens is 4. The summed E-state index contributed by atoms with van der Waals surface area (Å²) in [5.74, 6) is 4.39. The molecule has 2 fully saturated rings. The quantitative estimate of drug-likeness (QED) is 0.586. The number of aryl methyl sites for hydroxylation is 1. The van der Waals surface area contributed by atoms with Crippen LogP contribution in [0.4, 0.5) is 0 Å². The van der Waals surface area contributed by atoms with Crippen LogP contribution in [0.25, 0.3) is 22.8 Å². The molecule has 0 amide bonds. The Labute approximate surface area is 192 Å². The molecule has 7 nitrogen and oxygen atoms in total. The van der Waals surface area contributed by atoms with Crippen molar-refractivity contribution in [2.45, 2.75) is 45.1 Å². The second kappa shape index (κ2) is 9.67. The zero-order valence-corrected chi connectivity index (χ0v) is 19.5. The highest BCUT2D eigenvalue weighted by Gasteiger charge is 2.27. The molecule has 3 aliphatic heterocycles. The minimum absolute atomic E-state index is 0.205. The lowest BCUT2D eigenvalue weighted by atomic mass is 10.1. The van der Waals surface area contributed by atoms with Gasteiger partial charge in [-0.1, -0.05) is 31.9 Å². The molecule has 4 aliphatic rings. The Hall–Kier alpha value is -2.32. The van der Waals surface area contributed by atoms with E-state index in [9.17, 15) is 4.79 Å². The summed E-state index contributed by atoms with van der Waals surface area (Å²) in [4.78, 5) is 24.7. The molecule has 0 unspecified atom stereocenters. The average Bonchev–Trinajstić information content (AvgIpc) is 3.48. The Kier molecular flexibility index (Phi) is 6.50. The van der Waals surface area contributed by atoms with Crippen LogP contribution in [0, 0.1) is 0 Å². The molecule has 0 radical (unpaired) electrons. The number of H-pyrrole nitrogens is 1. The van der Waals surface area contributed by atoms with Gasteiger partial charge >= 0.3 is 0 Å². The summed E-state index contributed by atoms with van der Waals surface area (Å²) in [5.41, 5.74) is 2.17. The number of rotatable bonds is 7. The van der Waals surface area contributed by atoms with Gasteiger partial charge < -0.3 is 4.74 Å². The van der Waals surface area contributed by atoms with Crippen molar-refractivity contribution in [1.29, 1.82) is 0 Å². The first-order chi connectivity index (χ1) is 15.7. The van der Waals surface area contributed by atoms with Crippen LogP contribution in [0.2, 0.25) is 0 Å². The van der Waals surface area contributed by atoms with E-state index < -0.39 is 0 Å². The Bertz CT molecular complexity index is 1080. The van der Waals surface area contributed by atoms with Crippen molar-refractivity contribution in [3.8, 4) is 28.5 Å². The molecule has 0 bridgehead atoms. The van der Waals surface area contributed by atoms with Crippen molar-refractivity contribution in [3.05, 3.63) is 40.3 Å². The molecule has 0 aromatic heterocycles. The van der Waals surface area contributed by atoms with Crippen LogP contribution in [0.15, 0.2) is 29.1 Å². The van der Waals surface area contributed by atoms with Crippen molar-refractivity contribution in [2.75, 3.05) is 37.7 Å². The Balaban J connectivity index is 1.40. The molecule has 1 aromatic rings. The molecule has 1 aliphatic carbocycles. The number of fused-ring (bicyclic) bond motifs is 1. The summed E-state index contributed by atoms with van der Waals surface area (Å²) in [5, 5.41) is 3.45. The number of thioether (sulfide) groups is 1. The van der Waals surface area contributed by atoms with Gasteiger partial charge in [0, 0.05) is 42.4 Å². The van der Waals surface area contributed by atoms with Crippen LogP contribution in [0.3, 0.4) is 0 Å². The van der Waals surface area contributed by atoms with Crippen LogP contribution in [-0.2, 0) is 6.42 Å². The lowest BCUT2D eigenvalue weighted by Crippen LogP contribution is -2.35. The van der Waals surface area contributed by atoms with Crippen molar-refractivity contribution in [3.63, 3.8) is 0 Å². The lowest BCUT2D eigenvalue weighted by molar-refractivity contribution is 0.222. The van der Waals surface area contributed by atoms with Gasteiger partial charge in [-0.2, -0.15) is 16.7 Å². The monoisotopic (exact) mass is 453 g/mol. The Morgan fingerprint density at radius 2 is 2.00 bits per heavy atom. The van der Waals surface area contributed by atoms with E-state index in [4.69, 9.17) is 9.72 Å². The van der Waals surface area contributed by atoms with E-state index in [1.807, 2.05) is 36.0 Å². The summed E-state index contributed by atoms with van der Waals surface area (Å²) in [6.07, 6.45) is 5.44. The third-order valence-electron chi connectivity index (χ3n) is 6.56. The highest BCUT2D eigenvalue weighted by Crippen LogP contribution is 2.34. The van der Waals surface area contributed by atoms with Crippen molar-refractivity contribution in [1.82, 2.24) is 24.6 Å². The minimum atomic E-state index is -0.205. The number of hydrogen-bond donors (Lipinski definition) is 1. The molecule has 8 heteroatoms. The van der Waals surface area contributed by atoms with Crippen LogP contribution in [0.1, 0.15) is 44.3 Å². The van der Waals surface area contributed by atoms with Gasteiger partial charge in [0.2, 0.25) is 0 Å². The zero-order valence-electron chi connectivity index (χ0n) is 18.7. The van der Waals surface area contributed by atoms with Crippen LogP contribution < -0.4 is 10.3 Å². The van der Waals surface area contributed by atoms with Crippen molar-refractivity contribution < 1.29 is 4.74 Å². The van der Waals surface area contributed by atoms with E-state index in [0.717, 1.165) is 61.7 Å². The fraction of sp³-hybridized carbons (Fsp3) is 0.542. The van der Waals surface area contributed by atoms with Crippen LogP contribution in [0.5, 0.6) is 5.75 Å². The number of nitrogens with zero attached hydrogens (tertiary/aromatic N) is 4. The first-order valence-corrected chi connectivity index (χ1v) is 12.9. The molecule has 1 aromatic carbocycles. The Morgan fingerprint density at radius 1 is 1.19 bits per heavy atom. The number of benzene rings is 1. The maximum absolute atomic E-state index is 13.0. The molecular weight excluding hydrogens is 422 g/mol. The summed E-state index contributed by atoms with van der Waals surface area (Å²) >= 11 is 2.02. The van der Waals surface area contributed by atoms with Gasteiger partial charge in [-0.05, 0) is 31.4 Å². The minimum Gasteiger partial charge on any atom is -0.492 e. The van der Waals surface area contributed by atoms with Gasteiger partial charge in [-0.25, -0.2) is 4.98 Å². The highest BCUT2D eigenvalue weighted by molar-refractivity contribution is 7.99. The molecule has 5 rings (SSSR count). The van der Waals surface area contributed by atoms with Crippen LogP contribution >= 0.6 is 11.8 Å². The molecular formula is C24H31N5O2S. The smallest absolute Gasteiger partial charge is 0.284 e. The zero-order chi connectivity index (χ0) is 21.9. The number of aromatic amines is 1. The standard InChI is InChI=1S/C24H31N5O2S/c1-2-20-21-23(29(27-20)18-7-3-4-8-18)25-22(26-24(21)30)17-6-5-9-19(16-17)31-13-10-28-11-14-32-15-12-28/h5-6,9,16,18,27H,2-4,7-8,10-15H2,1H3. The summed E-state index contributed by atoms with van der Waals surface area (Å²) in [6, 6.07) is 8.17. The van der Waals surface area contributed by atoms with E-state index in [1.165, 1.54) is 24.3 Å². The largest absolute Gasteiger partial charge is 0.492 e. The van der Waals surface area contributed by atoms with Gasteiger partial charge in [0.25, 0.3) is 5.56 Å². The fourth-order valence-corrected chi connectivity index (χ4v) is 5.75. The number of nitrogens with one attached hydrogen (secondary N) is 1. The third-order valence-corrected chi connectivity index (χ3v) is 7.50. The third kappa shape index (κ3) is 4.43. The predicted molar refractivity (Wildman–Crippen MR) is 129 cm³/mol. The molecule has 170 valence electrons. The normalized spacial score (nSPS) is 17.9. The average molecular weight is 454 g/mol. The van der Waals surface area contributed by atoms with E-state index in [-0.39, 0.29) is 5.56 Å². The Morgan fingerprint density at radius 3 is 2.78 bits per heavy atom. The van der Waals surface area contributed by atoms with Gasteiger partial charge in [0.1, 0.15) is 17.9 Å². The SMILES string of the molecule is CCc1[nH]n(C2CCCC2)c2nc(-c3cccc(OCCN4CCSCC4)c3)nc(=O)c1-2. The molecule has 0 atom stereocenters. The van der Waals surface area contributed by atoms with E-state index in [0.29, 0.717) is 24.0 Å². The molecule has 0 spiro atoms. The van der Waals surface area contributed by atoms with E-state index in [1.54, 1.807) is 0 Å². The first-order valence-electron chi connectivity index (χ1n) is 11.8. The van der Waals surface area contributed by atoms with Crippen molar-refractivity contribution >= 4 is 11.8 Å². The fourth-order valence-electron chi connectivity index (χ4n) is 4.78. The maximum atomic E-state index is 13.0. The molecule has 32 heavy (non-hydrogen) atoms. The topological polar surface area (TPSA) is 76.0 Å². The summed E-state index contributed by atoms with van der Waals surface area (Å²) in [7, 11) is 0. The van der Waals surface area contributed by atoms with E-state index >= 15 is 0 Å². The van der Waals surface area contributed by atoms with Gasteiger partial charge in [-0.3, -0.25) is 19.5 Å². The van der Waals surface area contributed by atoms with Gasteiger partial charge in [0.15, 0.2) is 11.6 Å². The van der Waals surface area contributed by atoms with Crippen molar-refractivity contribution in [2.24, 2.45) is 0 Å². The summed E-state index contributed by atoms with van der Waals surface area (Å²) < 4.78 is 8.14. The second-order valence-corrected chi connectivity index (χ2v) is 9.86. The maximum Gasteiger partial charge on any atom is 0.284 e. The molecule has 3 heterocycles. The van der Waals surface area contributed by atoms with Gasteiger partial charge in [0.05, 0.1) is 6.04 Å². The van der Waals surface area contributed by atoms with Gasteiger partial charge in [-0.15, -0.1) is 0 Å². The number of hydrogen-bond acceptors (Lipinski definition) is 6. The predicted octanol–water partition coefficient (Wildman–Crippen LogP) is 3.84. The molecule has 1 saturated carbocycles. The van der Waals surface area contributed by atoms with E-state index in [2.05, 4.69) is 26.6 Å². The number of ether oxygens (including phenoxy) is 1. The lowest BCUT2D eigenvalue weighted by Gasteiger charge is -2.25.